The zero-order chi connectivity index (χ0) is 14.5. The van der Waals surface area contributed by atoms with Crippen molar-refractivity contribution in [2.75, 3.05) is 23.9 Å². The van der Waals surface area contributed by atoms with Crippen LogP contribution in [0.15, 0.2) is 24.3 Å². The fourth-order valence-corrected chi connectivity index (χ4v) is 2.39. The van der Waals surface area contributed by atoms with Crippen molar-refractivity contribution in [1.82, 2.24) is 0 Å². The van der Waals surface area contributed by atoms with Crippen molar-refractivity contribution in [3.05, 3.63) is 24.3 Å². The number of nitrogens with one attached hydrogen (secondary N) is 1. The van der Waals surface area contributed by atoms with Crippen molar-refractivity contribution in [1.29, 1.82) is 0 Å². The SMILES string of the molecule is CCC(Nc1ccccc1N1CCCC1=O)C(=O)OC. The molecule has 1 fully saturated rings. The molecule has 0 spiro atoms. The molecule has 1 amide bonds. The van der Waals surface area contributed by atoms with Crippen LogP contribution in [-0.4, -0.2) is 31.6 Å². The molecule has 1 aliphatic heterocycles. The Kier molecular flexibility index (Phi) is 4.61. The van der Waals surface area contributed by atoms with Gasteiger partial charge in [0.05, 0.1) is 18.5 Å². The molecular formula is C15H20N2O3. The van der Waals surface area contributed by atoms with Crippen LogP contribution in [0.5, 0.6) is 0 Å². The second kappa shape index (κ2) is 6.41. The van der Waals surface area contributed by atoms with Crippen LogP contribution in [0.25, 0.3) is 0 Å². The fraction of sp³-hybridized carbons (Fsp3) is 0.467. The first kappa shape index (κ1) is 14.4. The predicted octanol–water partition coefficient (Wildman–Crippen LogP) is 2.18. The van der Waals surface area contributed by atoms with Gasteiger partial charge in [0.25, 0.3) is 0 Å². The van der Waals surface area contributed by atoms with E-state index in [1.807, 2.05) is 31.2 Å². The molecule has 20 heavy (non-hydrogen) atoms. The quantitative estimate of drug-likeness (QED) is 0.837. The van der Waals surface area contributed by atoms with Crippen LogP contribution >= 0.6 is 0 Å². The maximum absolute atomic E-state index is 11.9. The van der Waals surface area contributed by atoms with Crippen LogP contribution in [0.1, 0.15) is 26.2 Å². The van der Waals surface area contributed by atoms with E-state index in [4.69, 9.17) is 4.74 Å². The Hall–Kier alpha value is -2.04. The van der Waals surface area contributed by atoms with Crippen LogP contribution in [0.3, 0.4) is 0 Å². The van der Waals surface area contributed by atoms with Gasteiger partial charge in [-0.2, -0.15) is 0 Å². The molecule has 1 aromatic rings. The third-order valence-electron chi connectivity index (χ3n) is 3.49. The molecule has 0 aromatic heterocycles. The maximum atomic E-state index is 11.9. The van der Waals surface area contributed by atoms with Crippen LogP contribution in [0, 0.1) is 0 Å². The molecule has 1 aromatic carbocycles. The summed E-state index contributed by atoms with van der Waals surface area (Å²) in [5, 5.41) is 3.18. The minimum Gasteiger partial charge on any atom is -0.467 e. The average molecular weight is 276 g/mol. The van der Waals surface area contributed by atoms with Gasteiger partial charge in [0.15, 0.2) is 0 Å². The summed E-state index contributed by atoms with van der Waals surface area (Å²) in [5.74, 6) is -0.166. The van der Waals surface area contributed by atoms with Gasteiger partial charge in [-0.3, -0.25) is 4.79 Å². The Labute approximate surface area is 118 Å². The molecule has 1 heterocycles. The molecule has 0 bridgehead atoms. The lowest BCUT2D eigenvalue weighted by atomic mass is 10.2. The highest BCUT2D eigenvalue weighted by molar-refractivity contribution is 5.98. The van der Waals surface area contributed by atoms with Crippen molar-refractivity contribution in [2.24, 2.45) is 0 Å². The summed E-state index contributed by atoms with van der Waals surface area (Å²) in [5.41, 5.74) is 1.62. The van der Waals surface area contributed by atoms with Gasteiger partial charge in [-0.15, -0.1) is 0 Å². The standard InChI is InChI=1S/C15H20N2O3/c1-3-11(15(19)20-2)16-12-7-4-5-8-13(12)17-10-6-9-14(17)18/h4-5,7-8,11,16H,3,6,9-10H2,1-2H3. The van der Waals surface area contributed by atoms with Crippen molar-refractivity contribution >= 4 is 23.3 Å². The highest BCUT2D eigenvalue weighted by Gasteiger charge is 2.25. The Morgan fingerprint density at radius 2 is 2.20 bits per heavy atom. The molecule has 1 unspecified atom stereocenters. The highest BCUT2D eigenvalue weighted by atomic mass is 16.5. The number of amides is 1. The molecule has 0 aliphatic carbocycles. The second-order valence-electron chi connectivity index (χ2n) is 4.79. The summed E-state index contributed by atoms with van der Waals surface area (Å²) in [4.78, 5) is 25.3. The number of rotatable bonds is 5. The van der Waals surface area contributed by atoms with Gasteiger partial charge >= 0.3 is 5.97 Å². The van der Waals surface area contributed by atoms with Gasteiger partial charge in [-0.25, -0.2) is 4.79 Å². The third-order valence-corrected chi connectivity index (χ3v) is 3.49. The number of ether oxygens (including phenoxy) is 1. The zero-order valence-corrected chi connectivity index (χ0v) is 11.9. The molecule has 1 aliphatic rings. The summed E-state index contributed by atoms with van der Waals surface area (Å²) in [6, 6.07) is 7.16. The molecule has 5 nitrogen and oxygen atoms in total. The van der Waals surface area contributed by atoms with Gasteiger partial charge in [0.1, 0.15) is 6.04 Å². The van der Waals surface area contributed by atoms with Crippen LogP contribution < -0.4 is 10.2 Å². The second-order valence-corrected chi connectivity index (χ2v) is 4.79. The number of carbonyl (C=O) groups is 2. The van der Waals surface area contributed by atoms with Crippen LogP contribution in [0.4, 0.5) is 11.4 Å². The minimum absolute atomic E-state index is 0.130. The number of hydrogen-bond acceptors (Lipinski definition) is 4. The topological polar surface area (TPSA) is 58.6 Å². The molecule has 1 atom stereocenters. The van der Waals surface area contributed by atoms with E-state index >= 15 is 0 Å². The molecule has 5 heteroatoms. The lowest BCUT2D eigenvalue weighted by Crippen LogP contribution is -2.31. The number of hydrogen-bond donors (Lipinski definition) is 1. The van der Waals surface area contributed by atoms with Gasteiger partial charge < -0.3 is 15.0 Å². The first-order chi connectivity index (χ1) is 9.67. The van der Waals surface area contributed by atoms with Crippen molar-refractivity contribution in [3.63, 3.8) is 0 Å². The summed E-state index contributed by atoms with van der Waals surface area (Å²) in [6.07, 6.45) is 2.08. The minimum atomic E-state index is -0.404. The lowest BCUT2D eigenvalue weighted by Gasteiger charge is -2.23. The first-order valence-electron chi connectivity index (χ1n) is 6.91. The average Bonchev–Trinajstić information content (AvgIpc) is 2.90. The lowest BCUT2D eigenvalue weighted by molar-refractivity contribution is -0.141. The van der Waals surface area contributed by atoms with E-state index in [1.54, 1.807) is 4.90 Å². The Morgan fingerprint density at radius 3 is 2.80 bits per heavy atom. The summed E-state index contributed by atoms with van der Waals surface area (Å²) in [7, 11) is 1.38. The zero-order valence-electron chi connectivity index (χ0n) is 11.9. The third kappa shape index (κ3) is 2.92. The number of anilines is 2. The number of methoxy groups -OCH3 is 1. The monoisotopic (exact) mass is 276 g/mol. The number of benzene rings is 1. The maximum Gasteiger partial charge on any atom is 0.328 e. The van der Waals surface area contributed by atoms with E-state index in [0.717, 1.165) is 24.3 Å². The highest BCUT2D eigenvalue weighted by Crippen LogP contribution is 2.30. The van der Waals surface area contributed by atoms with E-state index in [0.29, 0.717) is 12.8 Å². The fourth-order valence-electron chi connectivity index (χ4n) is 2.39. The van der Waals surface area contributed by atoms with Gasteiger partial charge in [0, 0.05) is 13.0 Å². The molecular weight excluding hydrogens is 256 g/mol. The molecule has 0 radical (unpaired) electrons. The van der Waals surface area contributed by atoms with Crippen molar-refractivity contribution in [2.45, 2.75) is 32.2 Å². The van der Waals surface area contributed by atoms with E-state index in [2.05, 4.69) is 5.32 Å². The number of carbonyl (C=O) groups excluding carboxylic acids is 2. The van der Waals surface area contributed by atoms with Gasteiger partial charge in [-0.05, 0) is 25.0 Å². The van der Waals surface area contributed by atoms with E-state index in [1.165, 1.54) is 7.11 Å². The Morgan fingerprint density at radius 1 is 1.45 bits per heavy atom. The number of para-hydroxylation sites is 2. The molecule has 2 rings (SSSR count). The molecule has 108 valence electrons. The molecule has 1 N–H and O–H groups in total. The first-order valence-corrected chi connectivity index (χ1v) is 6.91. The van der Waals surface area contributed by atoms with E-state index < -0.39 is 6.04 Å². The van der Waals surface area contributed by atoms with E-state index in [-0.39, 0.29) is 11.9 Å². The number of nitrogens with zero attached hydrogens (tertiary/aromatic N) is 1. The Bertz CT molecular complexity index is 502. The summed E-state index contributed by atoms with van der Waals surface area (Å²) < 4.78 is 4.78. The van der Waals surface area contributed by atoms with Crippen LogP contribution in [-0.2, 0) is 14.3 Å². The summed E-state index contributed by atoms with van der Waals surface area (Å²) >= 11 is 0. The van der Waals surface area contributed by atoms with E-state index in [9.17, 15) is 9.59 Å². The summed E-state index contributed by atoms with van der Waals surface area (Å²) in [6.45, 7) is 2.64. The smallest absolute Gasteiger partial charge is 0.328 e. The van der Waals surface area contributed by atoms with Crippen molar-refractivity contribution < 1.29 is 14.3 Å². The largest absolute Gasteiger partial charge is 0.467 e. The predicted molar refractivity (Wildman–Crippen MR) is 77.7 cm³/mol. The number of esters is 1. The van der Waals surface area contributed by atoms with Gasteiger partial charge in [0.2, 0.25) is 5.91 Å². The molecule has 1 saturated heterocycles. The normalized spacial score (nSPS) is 16.1. The van der Waals surface area contributed by atoms with Crippen molar-refractivity contribution in [3.8, 4) is 0 Å². The van der Waals surface area contributed by atoms with Gasteiger partial charge in [-0.1, -0.05) is 19.1 Å². The molecule has 0 saturated carbocycles. The Balaban J connectivity index is 2.23. The van der Waals surface area contributed by atoms with Crippen LogP contribution in [0.2, 0.25) is 0 Å².